The third kappa shape index (κ3) is 2.05. The maximum absolute atomic E-state index is 12.4. The van der Waals surface area contributed by atoms with Gasteiger partial charge < -0.3 is 9.84 Å². The van der Waals surface area contributed by atoms with Crippen molar-refractivity contribution in [1.82, 2.24) is 14.5 Å². The molecule has 0 bridgehead atoms. The predicted octanol–water partition coefficient (Wildman–Crippen LogP) is 2.50. The number of hydrogen-bond donors (Lipinski definition) is 1. The number of carbonyl (C=O) groups is 1. The highest BCUT2D eigenvalue weighted by Crippen LogP contribution is 2.16. The van der Waals surface area contributed by atoms with Gasteiger partial charge in [-0.15, -0.1) is 0 Å². The molecular formula is C14H14N4O2. The smallest absolute Gasteiger partial charge is 0.275 e. The van der Waals surface area contributed by atoms with Crippen molar-refractivity contribution < 1.29 is 9.32 Å². The van der Waals surface area contributed by atoms with Gasteiger partial charge in [0.05, 0.1) is 5.69 Å². The lowest BCUT2D eigenvalue weighted by molar-refractivity contribution is 0.102. The van der Waals surface area contributed by atoms with Crippen molar-refractivity contribution in [1.29, 1.82) is 0 Å². The molecule has 0 aliphatic rings. The van der Waals surface area contributed by atoms with Crippen LogP contribution in [0.4, 0.5) is 5.82 Å². The molecule has 0 aromatic carbocycles. The van der Waals surface area contributed by atoms with Gasteiger partial charge in [-0.25, -0.2) is 4.98 Å². The van der Waals surface area contributed by atoms with E-state index in [2.05, 4.69) is 15.5 Å². The van der Waals surface area contributed by atoms with Crippen LogP contribution >= 0.6 is 0 Å². The van der Waals surface area contributed by atoms with Crippen molar-refractivity contribution in [3.8, 4) is 0 Å². The SMILES string of the molecule is Cc1ccn2c(C(=O)Nc3cc(C)on3)c(C)nc2c1. The van der Waals surface area contributed by atoms with Crippen LogP contribution in [0.1, 0.15) is 27.5 Å². The zero-order chi connectivity index (χ0) is 14.3. The Labute approximate surface area is 115 Å². The van der Waals surface area contributed by atoms with Crippen molar-refractivity contribution in [2.24, 2.45) is 0 Å². The third-order valence-corrected chi connectivity index (χ3v) is 3.04. The highest BCUT2D eigenvalue weighted by atomic mass is 16.5. The fraction of sp³-hybridized carbons (Fsp3) is 0.214. The Morgan fingerprint density at radius 3 is 2.80 bits per heavy atom. The molecule has 3 rings (SSSR count). The number of pyridine rings is 1. The molecule has 0 aliphatic heterocycles. The fourth-order valence-electron chi connectivity index (χ4n) is 2.14. The van der Waals surface area contributed by atoms with Crippen LogP contribution in [0.25, 0.3) is 5.65 Å². The van der Waals surface area contributed by atoms with Crippen molar-refractivity contribution in [2.75, 3.05) is 5.32 Å². The molecule has 6 heteroatoms. The molecule has 0 saturated carbocycles. The van der Waals surface area contributed by atoms with Crippen LogP contribution in [-0.2, 0) is 0 Å². The monoisotopic (exact) mass is 270 g/mol. The first-order valence-corrected chi connectivity index (χ1v) is 6.24. The average Bonchev–Trinajstić information content (AvgIpc) is 2.91. The van der Waals surface area contributed by atoms with Gasteiger partial charge in [-0.3, -0.25) is 9.20 Å². The van der Waals surface area contributed by atoms with Crippen LogP contribution in [0.15, 0.2) is 28.9 Å². The highest BCUT2D eigenvalue weighted by molar-refractivity contribution is 6.03. The summed E-state index contributed by atoms with van der Waals surface area (Å²) >= 11 is 0. The molecule has 0 fully saturated rings. The molecule has 3 aromatic rings. The summed E-state index contributed by atoms with van der Waals surface area (Å²) in [5, 5.41) is 6.46. The Balaban J connectivity index is 2.01. The number of hydrogen-bond acceptors (Lipinski definition) is 4. The summed E-state index contributed by atoms with van der Waals surface area (Å²) in [4.78, 5) is 16.8. The molecule has 0 radical (unpaired) electrons. The second-order valence-electron chi connectivity index (χ2n) is 4.76. The third-order valence-electron chi connectivity index (χ3n) is 3.04. The molecule has 3 aromatic heterocycles. The molecule has 0 atom stereocenters. The maximum Gasteiger partial charge on any atom is 0.275 e. The highest BCUT2D eigenvalue weighted by Gasteiger charge is 2.17. The van der Waals surface area contributed by atoms with Crippen LogP contribution < -0.4 is 5.32 Å². The molecule has 0 saturated heterocycles. The van der Waals surface area contributed by atoms with E-state index in [0.717, 1.165) is 11.2 Å². The Morgan fingerprint density at radius 2 is 2.10 bits per heavy atom. The molecular weight excluding hydrogens is 256 g/mol. The van der Waals surface area contributed by atoms with Gasteiger partial charge in [-0.2, -0.15) is 0 Å². The first kappa shape index (κ1) is 12.4. The van der Waals surface area contributed by atoms with Gasteiger partial charge >= 0.3 is 0 Å². The first-order chi connectivity index (χ1) is 9.54. The molecule has 1 N–H and O–H groups in total. The quantitative estimate of drug-likeness (QED) is 0.776. The zero-order valence-electron chi connectivity index (χ0n) is 11.5. The number of aromatic nitrogens is 3. The number of carbonyl (C=O) groups excluding carboxylic acids is 1. The first-order valence-electron chi connectivity index (χ1n) is 6.24. The van der Waals surface area contributed by atoms with Crippen LogP contribution in [0.3, 0.4) is 0 Å². The lowest BCUT2D eigenvalue weighted by Crippen LogP contribution is -2.15. The van der Waals surface area contributed by atoms with E-state index < -0.39 is 0 Å². The summed E-state index contributed by atoms with van der Waals surface area (Å²) in [5.74, 6) is 0.784. The van der Waals surface area contributed by atoms with E-state index in [1.165, 1.54) is 0 Å². The molecule has 0 spiro atoms. The standard InChI is InChI=1S/C14H14N4O2/c1-8-4-5-18-12(6-8)15-10(3)13(18)14(19)16-11-7-9(2)20-17-11/h4-7H,1-3H3,(H,16,17,19). The molecule has 1 amide bonds. The topological polar surface area (TPSA) is 72.4 Å². The average molecular weight is 270 g/mol. The van der Waals surface area contributed by atoms with Gasteiger partial charge in [0, 0.05) is 12.3 Å². The van der Waals surface area contributed by atoms with Crippen molar-refractivity contribution >= 4 is 17.4 Å². The summed E-state index contributed by atoms with van der Waals surface area (Å²) in [5.41, 5.74) is 3.03. The second-order valence-corrected chi connectivity index (χ2v) is 4.76. The zero-order valence-corrected chi connectivity index (χ0v) is 11.5. The van der Waals surface area contributed by atoms with Crippen LogP contribution in [-0.4, -0.2) is 20.4 Å². The Kier molecular flexibility index (Phi) is 2.78. The summed E-state index contributed by atoms with van der Waals surface area (Å²) in [6.45, 7) is 5.57. The van der Waals surface area contributed by atoms with Crippen molar-refractivity contribution in [3.05, 3.63) is 47.1 Å². The number of anilines is 1. The summed E-state index contributed by atoms with van der Waals surface area (Å²) < 4.78 is 6.70. The van der Waals surface area contributed by atoms with E-state index in [1.807, 2.05) is 32.2 Å². The minimum atomic E-state index is -0.257. The summed E-state index contributed by atoms with van der Waals surface area (Å²) in [6.07, 6.45) is 1.84. The minimum Gasteiger partial charge on any atom is -0.360 e. The number of nitrogens with one attached hydrogen (secondary N) is 1. The van der Waals surface area contributed by atoms with Gasteiger partial charge in [-0.1, -0.05) is 5.16 Å². The van der Waals surface area contributed by atoms with Crippen molar-refractivity contribution in [3.63, 3.8) is 0 Å². The molecule has 0 unspecified atom stereocenters. The van der Waals surface area contributed by atoms with Crippen molar-refractivity contribution in [2.45, 2.75) is 20.8 Å². The number of imidazole rings is 1. The van der Waals surface area contributed by atoms with Gasteiger partial charge in [0.15, 0.2) is 5.82 Å². The van der Waals surface area contributed by atoms with Gasteiger partial charge in [-0.05, 0) is 38.5 Å². The molecule has 3 heterocycles. The van der Waals surface area contributed by atoms with Crippen LogP contribution in [0, 0.1) is 20.8 Å². The minimum absolute atomic E-state index is 0.257. The Morgan fingerprint density at radius 1 is 1.30 bits per heavy atom. The van der Waals surface area contributed by atoms with Crippen LogP contribution in [0.2, 0.25) is 0 Å². The number of aryl methyl sites for hydroxylation is 3. The predicted molar refractivity (Wildman–Crippen MR) is 73.9 cm³/mol. The lowest BCUT2D eigenvalue weighted by Gasteiger charge is -2.03. The van der Waals surface area contributed by atoms with Gasteiger partial charge in [0.1, 0.15) is 17.1 Å². The summed E-state index contributed by atoms with van der Waals surface area (Å²) in [7, 11) is 0. The van der Waals surface area contributed by atoms with E-state index in [0.29, 0.717) is 23.0 Å². The number of rotatable bonds is 2. The van der Waals surface area contributed by atoms with E-state index in [9.17, 15) is 4.79 Å². The molecule has 102 valence electrons. The van der Waals surface area contributed by atoms with E-state index >= 15 is 0 Å². The number of fused-ring (bicyclic) bond motifs is 1. The molecule has 0 aliphatic carbocycles. The van der Waals surface area contributed by atoms with E-state index in [4.69, 9.17) is 4.52 Å². The molecule has 20 heavy (non-hydrogen) atoms. The van der Waals surface area contributed by atoms with E-state index in [1.54, 1.807) is 17.4 Å². The van der Waals surface area contributed by atoms with E-state index in [-0.39, 0.29) is 5.91 Å². The Bertz CT molecular complexity index is 801. The second kappa shape index (κ2) is 4.48. The number of nitrogens with zero attached hydrogens (tertiary/aromatic N) is 3. The Hall–Kier alpha value is -2.63. The molecule has 6 nitrogen and oxygen atoms in total. The maximum atomic E-state index is 12.4. The fourth-order valence-corrected chi connectivity index (χ4v) is 2.14. The summed E-state index contributed by atoms with van der Waals surface area (Å²) in [6, 6.07) is 5.54. The number of amides is 1. The van der Waals surface area contributed by atoms with Gasteiger partial charge in [0.25, 0.3) is 5.91 Å². The lowest BCUT2D eigenvalue weighted by atomic mass is 10.3. The van der Waals surface area contributed by atoms with Crippen LogP contribution in [0.5, 0.6) is 0 Å². The normalized spacial score (nSPS) is 10.9. The largest absolute Gasteiger partial charge is 0.360 e. The van der Waals surface area contributed by atoms with Gasteiger partial charge in [0.2, 0.25) is 0 Å².